The Balaban J connectivity index is 1.32. The zero-order valence-electron chi connectivity index (χ0n) is 15.5. The number of carbonyl (C=O) groups is 2. The number of nitrogens with one attached hydrogen (secondary N) is 1. The Kier molecular flexibility index (Phi) is 6.01. The molecule has 6 nitrogen and oxygen atoms in total. The monoisotopic (exact) mass is 470 g/mol. The van der Waals surface area contributed by atoms with Gasteiger partial charge in [-0.2, -0.15) is 0 Å². The van der Waals surface area contributed by atoms with E-state index in [4.69, 9.17) is 0 Å². The maximum absolute atomic E-state index is 12.6. The van der Waals surface area contributed by atoms with E-state index in [1.54, 1.807) is 0 Å². The molecule has 0 unspecified atom stereocenters. The van der Waals surface area contributed by atoms with E-state index in [2.05, 4.69) is 31.4 Å². The lowest BCUT2D eigenvalue weighted by atomic mass is 9.95. The predicted molar refractivity (Wildman–Crippen MR) is 117 cm³/mol. The van der Waals surface area contributed by atoms with Crippen LogP contribution in [0.4, 0.5) is 5.13 Å². The molecule has 8 heteroatoms. The molecule has 1 aliphatic rings. The molecule has 0 spiro atoms. The van der Waals surface area contributed by atoms with E-state index in [0.29, 0.717) is 36.6 Å². The number of likely N-dealkylation sites (tertiary alicyclic amines) is 1. The van der Waals surface area contributed by atoms with Gasteiger partial charge in [0.15, 0.2) is 0 Å². The first kappa shape index (κ1) is 19.7. The van der Waals surface area contributed by atoms with Crippen LogP contribution in [0.15, 0.2) is 59.1 Å². The van der Waals surface area contributed by atoms with Gasteiger partial charge in [-0.15, -0.1) is 10.2 Å². The van der Waals surface area contributed by atoms with Crippen molar-refractivity contribution in [2.75, 3.05) is 18.4 Å². The van der Waals surface area contributed by atoms with E-state index in [1.165, 1.54) is 11.3 Å². The van der Waals surface area contributed by atoms with Crippen LogP contribution in [0.2, 0.25) is 0 Å². The molecular formula is C21H19BrN4O2S. The van der Waals surface area contributed by atoms with Gasteiger partial charge in [0, 0.05) is 34.6 Å². The largest absolute Gasteiger partial charge is 0.339 e. The Labute approximate surface area is 181 Å². The lowest BCUT2D eigenvalue weighted by Crippen LogP contribution is -2.41. The predicted octanol–water partition coefficient (Wildman–Crippen LogP) is 4.46. The molecule has 1 N–H and O–H groups in total. The molecule has 29 heavy (non-hydrogen) atoms. The van der Waals surface area contributed by atoms with E-state index in [-0.39, 0.29) is 17.7 Å². The number of anilines is 1. The van der Waals surface area contributed by atoms with Crippen molar-refractivity contribution in [3.8, 4) is 10.6 Å². The summed E-state index contributed by atoms with van der Waals surface area (Å²) in [4.78, 5) is 27.0. The van der Waals surface area contributed by atoms with Crippen molar-refractivity contribution < 1.29 is 9.59 Å². The number of nitrogens with zero attached hydrogens (tertiary/aromatic N) is 3. The Hall–Kier alpha value is -2.58. The molecule has 2 amide bonds. The maximum atomic E-state index is 12.6. The van der Waals surface area contributed by atoms with Crippen molar-refractivity contribution in [1.29, 1.82) is 0 Å². The highest BCUT2D eigenvalue weighted by atomic mass is 79.9. The van der Waals surface area contributed by atoms with Crippen LogP contribution >= 0.6 is 27.3 Å². The third-order valence-electron chi connectivity index (χ3n) is 4.92. The average Bonchev–Trinajstić information content (AvgIpc) is 3.23. The summed E-state index contributed by atoms with van der Waals surface area (Å²) in [5.74, 6) is -0.183. The number of benzene rings is 2. The average molecular weight is 471 g/mol. The molecule has 1 aliphatic heterocycles. The van der Waals surface area contributed by atoms with Gasteiger partial charge in [0.1, 0.15) is 5.01 Å². The number of piperidine rings is 1. The van der Waals surface area contributed by atoms with Crippen LogP contribution in [0.5, 0.6) is 0 Å². The zero-order valence-corrected chi connectivity index (χ0v) is 17.9. The molecule has 3 aromatic rings. The van der Waals surface area contributed by atoms with Crippen LogP contribution in [0.25, 0.3) is 10.6 Å². The van der Waals surface area contributed by atoms with Gasteiger partial charge in [-0.1, -0.05) is 57.6 Å². The normalized spacial score (nSPS) is 14.6. The number of rotatable bonds is 4. The van der Waals surface area contributed by atoms with Crippen molar-refractivity contribution in [3.63, 3.8) is 0 Å². The quantitative estimate of drug-likeness (QED) is 0.610. The third-order valence-corrected chi connectivity index (χ3v) is 6.34. The first-order valence-electron chi connectivity index (χ1n) is 9.35. The standard InChI is InChI=1S/C21H19BrN4O2S/c22-17-8-6-16(7-9-17)20(28)26-12-10-14(11-13-26)18(27)23-21-25-24-19(29-21)15-4-2-1-3-5-15/h1-9,14H,10-13H2,(H,23,25,27). The summed E-state index contributed by atoms with van der Waals surface area (Å²) in [6.45, 7) is 1.14. The van der Waals surface area contributed by atoms with E-state index >= 15 is 0 Å². The summed E-state index contributed by atoms with van der Waals surface area (Å²) < 4.78 is 0.941. The topological polar surface area (TPSA) is 75.2 Å². The number of halogens is 1. The highest BCUT2D eigenvalue weighted by Gasteiger charge is 2.28. The number of hydrogen-bond donors (Lipinski definition) is 1. The lowest BCUT2D eigenvalue weighted by Gasteiger charge is -2.31. The molecule has 0 radical (unpaired) electrons. The minimum atomic E-state index is -0.131. The van der Waals surface area contributed by atoms with Crippen molar-refractivity contribution >= 4 is 44.2 Å². The van der Waals surface area contributed by atoms with Crippen LogP contribution in [-0.4, -0.2) is 40.0 Å². The van der Waals surface area contributed by atoms with Gasteiger partial charge in [-0.3, -0.25) is 9.59 Å². The van der Waals surface area contributed by atoms with Gasteiger partial charge in [0.2, 0.25) is 11.0 Å². The molecule has 4 rings (SSSR count). The molecule has 2 aromatic carbocycles. The molecule has 1 aromatic heterocycles. The van der Waals surface area contributed by atoms with Gasteiger partial charge in [-0.25, -0.2) is 0 Å². The number of carbonyl (C=O) groups excluding carboxylic acids is 2. The van der Waals surface area contributed by atoms with Gasteiger partial charge in [0.25, 0.3) is 5.91 Å². The minimum Gasteiger partial charge on any atom is -0.339 e. The fourth-order valence-electron chi connectivity index (χ4n) is 3.30. The van der Waals surface area contributed by atoms with E-state index in [0.717, 1.165) is 15.0 Å². The van der Waals surface area contributed by atoms with Crippen LogP contribution in [0.3, 0.4) is 0 Å². The van der Waals surface area contributed by atoms with Gasteiger partial charge in [-0.05, 0) is 37.1 Å². The first-order valence-corrected chi connectivity index (χ1v) is 11.0. The maximum Gasteiger partial charge on any atom is 0.253 e. The van der Waals surface area contributed by atoms with Crippen molar-refractivity contribution in [2.24, 2.45) is 5.92 Å². The first-order chi connectivity index (χ1) is 14.1. The minimum absolute atomic E-state index is 0.00739. The Morgan fingerprint density at radius 2 is 1.69 bits per heavy atom. The molecule has 2 heterocycles. The molecule has 0 bridgehead atoms. The zero-order chi connectivity index (χ0) is 20.2. The van der Waals surface area contributed by atoms with Crippen molar-refractivity contribution in [2.45, 2.75) is 12.8 Å². The third kappa shape index (κ3) is 4.71. The van der Waals surface area contributed by atoms with Crippen LogP contribution < -0.4 is 5.32 Å². The highest BCUT2D eigenvalue weighted by Crippen LogP contribution is 2.27. The number of hydrogen-bond acceptors (Lipinski definition) is 5. The summed E-state index contributed by atoms with van der Waals surface area (Å²) >= 11 is 4.74. The fourth-order valence-corrected chi connectivity index (χ4v) is 4.31. The smallest absolute Gasteiger partial charge is 0.253 e. The van der Waals surface area contributed by atoms with Crippen molar-refractivity contribution in [3.05, 3.63) is 64.6 Å². The number of amides is 2. The molecule has 0 aliphatic carbocycles. The van der Waals surface area contributed by atoms with Gasteiger partial charge >= 0.3 is 0 Å². The van der Waals surface area contributed by atoms with E-state index in [9.17, 15) is 9.59 Å². The van der Waals surface area contributed by atoms with E-state index < -0.39 is 0 Å². The summed E-state index contributed by atoms with van der Waals surface area (Å²) in [6.07, 6.45) is 1.27. The Morgan fingerprint density at radius 1 is 1.00 bits per heavy atom. The lowest BCUT2D eigenvalue weighted by molar-refractivity contribution is -0.121. The SMILES string of the molecule is O=C(Nc1nnc(-c2ccccc2)s1)C1CCN(C(=O)c2ccc(Br)cc2)CC1. The van der Waals surface area contributed by atoms with Gasteiger partial charge in [0.05, 0.1) is 0 Å². The second-order valence-electron chi connectivity index (χ2n) is 6.84. The summed E-state index contributed by atoms with van der Waals surface area (Å²) in [6, 6.07) is 17.1. The molecular weight excluding hydrogens is 452 g/mol. The Morgan fingerprint density at radius 3 is 2.38 bits per heavy atom. The molecule has 1 fully saturated rings. The van der Waals surface area contributed by atoms with E-state index in [1.807, 2.05) is 59.5 Å². The summed E-state index contributed by atoms with van der Waals surface area (Å²) in [5.41, 5.74) is 1.64. The molecule has 0 saturated carbocycles. The molecule has 0 atom stereocenters. The second kappa shape index (κ2) is 8.84. The molecule has 148 valence electrons. The fraction of sp³-hybridized carbons (Fsp3) is 0.238. The van der Waals surface area contributed by atoms with Gasteiger partial charge < -0.3 is 10.2 Å². The van der Waals surface area contributed by atoms with Crippen LogP contribution in [0, 0.1) is 5.92 Å². The van der Waals surface area contributed by atoms with Crippen LogP contribution in [-0.2, 0) is 4.79 Å². The van der Waals surface area contributed by atoms with Crippen molar-refractivity contribution in [1.82, 2.24) is 15.1 Å². The second-order valence-corrected chi connectivity index (χ2v) is 8.73. The summed E-state index contributed by atoms with van der Waals surface area (Å²) in [5, 5.41) is 12.4. The van der Waals surface area contributed by atoms with Crippen LogP contribution in [0.1, 0.15) is 23.2 Å². The molecule has 1 saturated heterocycles. The Bertz CT molecular complexity index is 999. The number of aromatic nitrogens is 2. The summed E-state index contributed by atoms with van der Waals surface area (Å²) in [7, 11) is 0. The highest BCUT2D eigenvalue weighted by molar-refractivity contribution is 9.10.